The van der Waals surface area contributed by atoms with Crippen molar-refractivity contribution >= 4 is 35.0 Å². The number of aromatic nitrogens is 3. The van der Waals surface area contributed by atoms with Crippen LogP contribution in [0.5, 0.6) is 5.75 Å². The lowest BCUT2D eigenvalue weighted by Gasteiger charge is -2.11. The molecule has 0 unspecified atom stereocenters. The van der Waals surface area contributed by atoms with E-state index >= 15 is 0 Å². The Morgan fingerprint density at radius 3 is 2.45 bits per heavy atom. The van der Waals surface area contributed by atoms with Crippen LogP contribution in [0.3, 0.4) is 0 Å². The average Bonchev–Trinajstić information content (AvgIpc) is 3.26. The summed E-state index contributed by atoms with van der Waals surface area (Å²) in [7, 11) is 1.64. The number of amides is 1. The van der Waals surface area contributed by atoms with Crippen molar-refractivity contribution in [1.29, 1.82) is 0 Å². The van der Waals surface area contributed by atoms with Crippen molar-refractivity contribution in [2.24, 2.45) is 0 Å². The van der Waals surface area contributed by atoms with Crippen molar-refractivity contribution < 1.29 is 9.53 Å². The molecule has 1 heterocycles. The van der Waals surface area contributed by atoms with Gasteiger partial charge in [0.1, 0.15) is 5.75 Å². The van der Waals surface area contributed by atoms with Gasteiger partial charge in [-0.15, -0.1) is 10.2 Å². The number of aryl methyl sites for hydroxylation is 1. The lowest BCUT2D eigenvalue weighted by atomic mass is 10.1. The third kappa shape index (κ3) is 5.94. The molecule has 0 bridgehead atoms. The van der Waals surface area contributed by atoms with Crippen molar-refractivity contribution in [2.45, 2.75) is 18.1 Å². The monoisotopic (exact) mass is 478 g/mol. The van der Waals surface area contributed by atoms with Gasteiger partial charge in [0.15, 0.2) is 11.0 Å². The summed E-state index contributed by atoms with van der Waals surface area (Å²) in [5, 5.41) is 12.8. The van der Waals surface area contributed by atoms with Crippen molar-refractivity contribution in [3.8, 4) is 17.1 Å². The maximum absolute atomic E-state index is 12.5. The van der Waals surface area contributed by atoms with Gasteiger partial charge in [-0.2, -0.15) is 0 Å². The molecule has 168 valence electrons. The van der Waals surface area contributed by atoms with Gasteiger partial charge in [0.2, 0.25) is 5.91 Å². The summed E-state index contributed by atoms with van der Waals surface area (Å²) >= 11 is 7.49. The Balaban J connectivity index is 1.52. The minimum atomic E-state index is -0.156. The molecule has 8 heteroatoms. The Hall–Kier alpha value is -3.29. The normalized spacial score (nSPS) is 10.7. The van der Waals surface area contributed by atoms with Gasteiger partial charge in [0, 0.05) is 12.1 Å². The maximum Gasteiger partial charge on any atom is 0.234 e. The third-order valence-electron chi connectivity index (χ3n) is 5.01. The highest BCUT2D eigenvalue weighted by atomic mass is 35.5. The maximum atomic E-state index is 12.5. The lowest BCUT2D eigenvalue weighted by molar-refractivity contribution is -0.113. The van der Waals surface area contributed by atoms with E-state index < -0.39 is 0 Å². The third-order valence-corrected chi connectivity index (χ3v) is 6.31. The number of hydrogen-bond donors (Lipinski definition) is 1. The van der Waals surface area contributed by atoms with Gasteiger partial charge in [0.25, 0.3) is 0 Å². The molecule has 1 N–H and O–H groups in total. The number of halogens is 1. The first kappa shape index (κ1) is 22.9. The van der Waals surface area contributed by atoms with Crippen LogP contribution in [0, 0.1) is 0 Å². The van der Waals surface area contributed by atoms with Crippen LogP contribution in [0.15, 0.2) is 84.0 Å². The van der Waals surface area contributed by atoms with Gasteiger partial charge in [0.05, 0.1) is 23.6 Å². The Morgan fingerprint density at radius 1 is 1.00 bits per heavy atom. The number of nitrogens with zero attached hydrogens (tertiary/aromatic N) is 3. The number of thioether (sulfide) groups is 1. The van der Waals surface area contributed by atoms with Crippen LogP contribution in [-0.2, 0) is 17.8 Å². The fourth-order valence-electron chi connectivity index (χ4n) is 3.32. The zero-order chi connectivity index (χ0) is 23.0. The van der Waals surface area contributed by atoms with E-state index in [0.717, 1.165) is 23.6 Å². The van der Waals surface area contributed by atoms with Gasteiger partial charge in [-0.05, 0) is 48.4 Å². The second-order valence-corrected chi connectivity index (χ2v) is 8.59. The Labute approximate surface area is 202 Å². The van der Waals surface area contributed by atoms with Gasteiger partial charge >= 0.3 is 0 Å². The van der Waals surface area contributed by atoms with E-state index in [-0.39, 0.29) is 11.7 Å². The van der Waals surface area contributed by atoms with Crippen LogP contribution >= 0.6 is 23.4 Å². The Kier molecular flexibility index (Phi) is 7.65. The van der Waals surface area contributed by atoms with Crippen LogP contribution in [-0.4, -0.2) is 33.5 Å². The molecule has 0 saturated carbocycles. The molecule has 33 heavy (non-hydrogen) atoms. The molecule has 0 fully saturated rings. The summed E-state index contributed by atoms with van der Waals surface area (Å²) in [6, 6.07) is 25.1. The van der Waals surface area contributed by atoms with Crippen LogP contribution in [0.1, 0.15) is 5.56 Å². The van der Waals surface area contributed by atoms with Gasteiger partial charge in [-0.3, -0.25) is 4.79 Å². The Morgan fingerprint density at radius 2 is 1.73 bits per heavy atom. The number of nitrogens with one attached hydrogen (secondary N) is 1. The lowest BCUT2D eigenvalue weighted by Crippen LogP contribution is -2.15. The number of rotatable bonds is 9. The molecule has 1 amide bonds. The molecule has 4 rings (SSSR count). The van der Waals surface area contributed by atoms with Crippen molar-refractivity contribution in [1.82, 2.24) is 14.8 Å². The number of carbonyl (C=O) groups is 1. The highest BCUT2D eigenvalue weighted by Gasteiger charge is 2.16. The molecule has 3 aromatic carbocycles. The Bertz CT molecular complexity index is 1210. The molecule has 4 aromatic rings. The summed E-state index contributed by atoms with van der Waals surface area (Å²) in [5.74, 6) is 1.57. The van der Waals surface area contributed by atoms with E-state index in [1.807, 2.05) is 54.6 Å². The van der Waals surface area contributed by atoms with Crippen LogP contribution in [0.25, 0.3) is 11.4 Å². The molecule has 0 radical (unpaired) electrons. The summed E-state index contributed by atoms with van der Waals surface area (Å²) < 4.78 is 7.32. The summed E-state index contributed by atoms with van der Waals surface area (Å²) in [6.07, 6.45) is 0.821. The number of benzene rings is 3. The fraction of sp³-hybridized carbons (Fsp3) is 0.160. The summed E-state index contributed by atoms with van der Waals surface area (Å²) in [5.41, 5.74) is 2.75. The fourth-order valence-corrected chi connectivity index (χ4v) is 4.26. The number of methoxy groups -OCH3 is 1. The predicted molar refractivity (Wildman–Crippen MR) is 133 cm³/mol. The summed E-state index contributed by atoms with van der Waals surface area (Å²) in [4.78, 5) is 12.5. The van der Waals surface area contributed by atoms with Crippen LogP contribution in [0.2, 0.25) is 5.02 Å². The SMILES string of the molecule is COc1ccc(-c2nnc(SCC(=O)Nc3ccccc3Cl)n2CCc2ccccc2)cc1. The van der Waals surface area contributed by atoms with E-state index in [9.17, 15) is 4.79 Å². The molecule has 0 spiro atoms. The second-order valence-electron chi connectivity index (χ2n) is 7.24. The second kappa shape index (κ2) is 11.0. The first-order valence-corrected chi connectivity index (χ1v) is 11.8. The molecule has 0 atom stereocenters. The number of anilines is 1. The van der Waals surface area contributed by atoms with E-state index in [4.69, 9.17) is 16.3 Å². The van der Waals surface area contributed by atoms with Gasteiger partial charge in [-0.1, -0.05) is 65.8 Å². The van der Waals surface area contributed by atoms with Crippen molar-refractivity contribution in [3.05, 3.63) is 89.4 Å². The highest BCUT2D eigenvalue weighted by molar-refractivity contribution is 7.99. The highest BCUT2D eigenvalue weighted by Crippen LogP contribution is 2.27. The van der Waals surface area contributed by atoms with E-state index in [1.54, 1.807) is 19.2 Å². The zero-order valence-electron chi connectivity index (χ0n) is 18.1. The van der Waals surface area contributed by atoms with E-state index in [2.05, 4.69) is 32.2 Å². The van der Waals surface area contributed by atoms with E-state index in [1.165, 1.54) is 17.3 Å². The molecule has 0 aliphatic heterocycles. The topological polar surface area (TPSA) is 69.0 Å². The van der Waals surface area contributed by atoms with Gasteiger partial charge < -0.3 is 14.6 Å². The first-order chi connectivity index (χ1) is 16.1. The van der Waals surface area contributed by atoms with E-state index in [0.29, 0.717) is 22.4 Å². The quantitative estimate of drug-likeness (QED) is 0.318. The van der Waals surface area contributed by atoms with Crippen LogP contribution < -0.4 is 10.1 Å². The van der Waals surface area contributed by atoms with Crippen molar-refractivity contribution in [3.63, 3.8) is 0 Å². The summed E-state index contributed by atoms with van der Waals surface area (Å²) in [6.45, 7) is 0.687. The molecular formula is C25H23ClN4O2S. The molecule has 0 saturated heterocycles. The van der Waals surface area contributed by atoms with Crippen molar-refractivity contribution in [2.75, 3.05) is 18.2 Å². The number of para-hydroxylation sites is 1. The smallest absolute Gasteiger partial charge is 0.234 e. The molecule has 6 nitrogen and oxygen atoms in total. The predicted octanol–water partition coefficient (Wildman–Crippen LogP) is 5.58. The standard InChI is InChI=1S/C25H23ClN4O2S/c1-32-20-13-11-19(12-14-20)24-28-29-25(30(24)16-15-18-7-3-2-4-8-18)33-17-23(31)27-22-10-6-5-9-21(22)26/h2-14H,15-17H2,1H3,(H,27,31). The molecule has 0 aliphatic carbocycles. The molecular weight excluding hydrogens is 456 g/mol. The molecule has 1 aromatic heterocycles. The zero-order valence-corrected chi connectivity index (χ0v) is 19.6. The van der Waals surface area contributed by atoms with Crippen LogP contribution in [0.4, 0.5) is 5.69 Å². The average molecular weight is 479 g/mol. The minimum absolute atomic E-state index is 0.156. The van der Waals surface area contributed by atoms with Gasteiger partial charge in [-0.25, -0.2) is 0 Å². The molecule has 0 aliphatic rings. The number of ether oxygens (including phenoxy) is 1. The largest absolute Gasteiger partial charge is 0.497 e. The number of hydrogen-bond acceptors (Lipinski definition) is 5. The minimum Gasteiger partial charge on any atom is -0.497 e. The first-order valence-electron chi connectivity index (χ1n) is 10.4. The number of carbonyl (C=O) groups excluding carboxylic acids is 1.